The zero-order valence-electron chi connectivity index (χ0n) is 31.0. The minimum absolute atomic E-state index is 0.0433. The minimum Gasteiger partial charge on any atom is -0.493 e. The highest BCUT2D eigenvalue weighted by atomic mass is 16.5. The lowest BCUT2D eigenvalue weighted by atomic mass is 10.0. The first-order valence-corrected chi connectivity index (χ1v) is 18.1. The predicted octanol–water partition coefficient (Wildman–Crippen LogP) is 6.17. The molecule has 7 rings (SSSR count). The van der Waals surface area contributed by atoms with Crippen molar-refractivity contribution >= 4 is 41.4 Å². The zero-order valence-corrected chi connectivity index (χ0v) is 31.0. The van der Waals surface area contributed by atoms with Gasteiger partial charge in [-0.25, -0.2) is 0 Å². The smallest absolute Gasteiger partial charge is 0.233 e. The van der Waals surface area contributed by atoms with E-state index in [0.29, 0.717) is 79.7 Å². The van der Waals surface area contributed by atoms with Gasteiger partial charge in [-0.05, 0) is 73.0 Å². The number of piperazine rings is 1. The third-order valence-corrected chi connectivity index (χ3v) is 8.92. The van der Waals surface area contributed by atoms with Gasteiger partial charge in [0, 0.05) is 38.4 Å². The standard InChI is InChI=1S/C40H44N12O3/c1-4-42-36-47-37(43-25-28-15-20-33(53-2)34(24-28)54-3)49-40(48-36)52-22-21-51(26-30(52)23-27-11-7-5-8-12-27)39-46-35(41)45-38(50-39)44-29-16-18-32(19-17-29)55-31-13-9-6-10-14-31/h5-20,24,30H,4,21-23,25-26H2,1-3H3,(H3,41,44,45,46,50)(H2,42,43,47,48,49). The van der Waals surface area contributed by atoms with Crippen molar-refractivity contribution < 1.29 is 14.2 Å². The molecule has 0 saturated carbocycles. The average molecular weight is 741 g/mol. The Kier molecular flexibility index (Phi) is 11.5. The van der Waals surface area contributed by atoms with E-state index in [4.69, 9.17) is 34.9 Å². The summed E-state index contributed by atoms with van der Waals surface area (Å²) in [6, 6.07) is 33.3. The van der Waals surface area contributed by atoms with Crippen molar-refractivity contribution in [3.63, 3.8) is 0 Å². The second kappa shape index (κ2) is 17.3. The van der Waals surface area contributed by atoms with Gasteiger partial charge in [-0.2, -0.15) is 29.9 Å². The van der Waals surface area contributed by atoms with Gasteiger partial charge in [0.2, 0.25) is 35.7 Å². The highest BCUT2D eigenvalue weighted by Gasteiger charge is 2.31. The molecule has 1 aliphatic heterocycles. The summed E-state index contributed by atoms with van der Waals surface area (Å²) in [5, 5.41) is 9.93. The molecule has 0 amide bonds. The Bertz CT molecular complexity index is 2160. The largest absolute Gasteiger partial charge is 0.493 e. The highest BCUT2D eigenvalue weighted by Crippen LogP contribution is 2.29. The number of benzene rings is 4. The van der Waals surface area contributed by atoms with Crippen LogP contribution in [0.5, 0.6) is 23.0 Å². The van der Waals surface area contributed by atoms with Crippen LogP contribution in [-0.2, 0) is 13.0 Å². The van der Waals surface area contributed by atoms with Crippen molar-refractivity contribution in [1.82, 2.24) is 29.9 Å². The van der Waals surface area contributed by atoms with Crippen molar-refractivity contribution in [2.24, 2.45) is 0 Å². The molecule has 2 aromatic heterocycles. The molecule has 15 heteroatoms. The lowest BCUT2D eigenvalue weighted by molar-refractivity contribution is 0.354. The molecule has 1 unspecified atom stereocenters. The van der Waals surface area contributed by atoms with Crippen molar-refractivity contribution in [2.45, 2.75) is 25.9 Å². The van der Waals surface area contributed by atoms with Crippen molar-refractivity contribution in [3.05, 3.63) is 114 Å². The molecular formula is C40H44N12O3. The molecule has 1 fully saturated rings. The summed E-state index contributed by atoms with van der Waals surface area (Å²) in [4.78, 5) is 32.5. The SMILES string of the molecule is CCNc1nc(NCc2ccc(OC)c(OC)c2)nc(N2CCN(c3nc(N)nc(Nc4ccc(Oc5ccccc5)cc4)n3)CC2Cc2ccccc2)n1. The van der Waals surface area contributed by atoms with E-state index in [1.165, 1.54) is 5.56 Å². The van der Waals surface area contributed by atoms with Crippen LogP contribution in [0.4, 0.5) is 41.4 Å². The van der Waals surface area contributed by atoms with Gasteiger partial charge in [-0.15, -0.1) is 0 Å². The van der Waals surface area contributed by atoms with Crippen LogP contribution in [0.3, 0.4) is 0 Å². The number of anilines is 7. The van der Waals surface area contributed by atoms with Gasteiger partial charge in [0.05, 0.1) is 20.3 Å². The molecule has 4 aromatic carbocycles. The lowest BCUT2D eigenvalue weighted by Gasteiger charge is -2.41. The molecule has 0 bridgehead atoms. The van der Waals surface area contributed by atoms with Gasteiger partial charge in [-0.3, -0.25) is 0 Å². The van der Waals surface area contributed by atoms with E-state index in [9.17, 15) is 0 Å². The summed E-state index contributed by atoms with van der Waals surface area (Å²) >= 11 is 0. The van der Waals surface area contributed by atoms with E-state index >= 15 is 0 Å². The lowest BCUT2D eigenvalue weighted by Crippen LogP contribution is -2.55. The molecule has 0 spiro atoms. The van der Waals surface area contributed by atoms with Crippen molar-refractivity contribution in [3.8, 4) is 23.0 Å². The number of nitrogens with one attached hydrogen (secondary N) is 3. The van der Waals surface area contributed by atoms with E-state index in [1.54, 1.807) is 14.2 Å². The normalized spacial score (nSPS) is 13.9. The fraction of sp³-hybridized carbons (Fsp3) is 0.250. The molecule has 5 N–H and O–H groups in total. The van der Waals surface area contributed by atoms with Crippen LogP contribution in [0.1, 0.15) is 18.1 Å². The molecular weight excluding hydrogens is 697 g/mol. The first kappa shape index (κ1) is 36.5. The van der Waals surface area contributed by atoms with E-state index in [0.717, 1.165) is 23.4 Å². The van der Waals surface area contributed by atoms with Crippen LogP contribution in [0.15, 0.2) is 103 Å². The maximum atomic E-state index is 6.26. The topological polar surface area (TPSA) is 174 Å². The molecule has 0 aliphatic carbocycles. The third kappa shape index (κ3) is 9.37. The molecule has 1 aliphatic rings. The van der Waals surface area contributed by atoms with Gasteiger partial charge < -0.3 is 45.7 Å². The van der Waals surface area contributed by atoms with E-state index in [1.807, 2.05) is 97.9 Å². The minimum atomic E-state index is -0.0433. The molecule has 15 nitrogen and oxygen atoms in total. The number of hydrogen-bond acceptors (Lipinski definition) is 15. The maximum Gasteiger partial charge on any atom is 0.233 e. The van der Waals surface area contributed by atoms with E-state index in [-0.39, 0.29) is 12.0 Å². The van der Waals surface area contributed by atoms with Gasteiger partial charge in [0.15, 0.2) is 11.5 Å². The second-order valence-electron chi connectivity index (χ2n) is 12.7. The van der Waals surface area contributed by atoms with Crippen molar-refractivity contribution in [2.75, 3.05) is 71.9 Å². The van der Waals surface area contributed by atoms with Gasteiger partial charge in [0.25, 0.3) is 0 Å². The summed E-state index contributed by atoms with van der Waals surface area (Å²) in [6.07, 6.45) is 0.733. The van der Waals surface area contributed by atoms with Crippen LogP contribution in [0, 0.1) is 0 Å². The summed E-state index contributed by atoms with van der Waals surface area (Å²) < 4.78 is 16.8. The predicted molar refractivity (Wildman–Crippen MR) is 215 cm³/mol. The monoisotopic (exact) mass is 740 g/mol. The highest BCUT2D eigenvalue weighted by molar-refractivity contribution is 5.57. The molecule has 1 atom stereocenters. The number of hydrogen-bond donors (Lipinski definition) is 4. The number of nitrogen functional groups attached to an aromatic ring is 1. The van der Waals surface area contributed by atoms with Crippen LogP contribution in [0.2, 0.25) is 0 Å². The molecule has 3 heterocycles. The fourth-order valence-corrected chi connectivity index (χ4v) is 6.28. The van der Waals surface area contributed by atoms with E-state index in [2.05, 4.69) is 52.8 Å². The number of ether oxygens (including phenoxy) is 3. The van der Waals surface area contributed by atoms with E-state index < -0.39 is 0 Å². The summed E-state index contributed by atoms with van der Waals surface area (Å²) in [6.45, 7) is 4.91. The first-order chi connectivity index (χ1) is 27.0. The summed E-state index contributed by atoms with van der Waals surface area (Å²) in [5.41, 5.74) is 9.21. The van der Waals surface area contributed by atoms with Crippen LogP contribution >= 0.6 is 0 Å². The van der Waals surface area contributed by atoms with Crippen molar-refractivity contribution in [1.29, 1.82) is 0 Å². The second-order valence-corrected chi connectivity index (χ2v) is 12.7. The van der Waals surface area contributed by atoms with Gasteiger partial charge >= 0.3 is 0 Å². The molecule has 282 valence electrons. The number of nitrogens with two attached hydrogens (primary N) is 1. The van der Waals surface area contributed by atoms with Crippen LogP contribution < -0.4 is 45.7 Å². The fourth-order valence-electron chi connectivity index (χ4n) is 6.28. The molecule has 1 saturated heterocycles. The Morgan fingerprint density at radius 1 is 0.673 bits per heavy atom. The molecule has 55 heavy (non-hydrogen) atoms. The maximum absolute atomic E-state index is 6.26. The summed E-state index contributed by atoms with van der Waals surface area (Å²) in [7, 11) is 3.24. The Morgan fingerprint density at radius 2 is 1.36 bits per heavy atom. The van der Waals surface area contributed by atoms with Gasteiger partial charge in [-0.1, -0.05) is 54.6 Å². The number of aromatic nitrogens is 6. The number of para-hydroxylation sites is 1. The zero-order chi connectivity index (χ0) is 38.0. The Balaban J connectivity index is 1.10. The Labute approximate surface area is 320 Å². The van der Waals surface area contributed by atoms with Gasteiger partial charge in [0.1, 0.15) is 11.5 Å². The summed E-state index contributed by atoms with van der Waals surface area (Å²) in [5.74, 6) is 5.26. The third-order valence-electron chi connectivity index (χ3n) is 8.92. The number of rotatable bonds is 15. The quantitative estimate of drug-likeness (QED) is 0.0940. The Hall–Kier alpha value is -6.90. The number of nitrogens with zero attached hydrogens (tertiary/aromatic N) is 8. The molecule has 6 aromatic rings. The first-order valence-electron chi connectivity index (χ1n) is 18.1. The molecule has 0 radical (unpaired) electrons. The number of methoxy groups -OCH3 is 2. The van der Waals surface area contributed by atoms with Crippen LogP contribution in [-0.4, -0.2) is 76.3 Å². The Morgan fingerprint density at radius 3 is 2.09 bits per heavy atom. The average Bonchev–Trinajstić information content (AvgIpc) is 3.21. The van der Waals surface area contributed by atoms with Crippen LogP contribution in [0.25, 0.3) is 0 Å².